The molecule has 0 atom stereocenters. The molecule has 0 saturated carbocycles. The normalized spacial score (nSPS) is 11.6. The lowest BCUT2D eigenvalue weighted by molar-refractivity contribution is 1.18. The zero-order chi connectivity index (χ0) is 29.0. The average Bonchev–Trinajstić information content (AvgIpc) is 3.61. The molecule has 0 aliphatic heterocycles. The van der Waals surface area contributed by atoms with Crippen molar-refractivity contribution in [3.05, 3.63) is 170 Å². The summed E-state index contributed by atoms with van der Waals surface area (Å²) in [5.41, 5.74) is 12.1. The standard InChI is InChI=1S/C42H28N2/c1-3-12-29(13-4-1)31-22-24-42-37(27-31)36-19-8-10-21-40(36)44(42)34-17-11-14-30(26-34)32-23-25-41-38(28-32)35-18-7-9-20-39(35)43(41)33-15-5-2-6-16-33/h1-28H. The van der Waals surface area contributed by atoms with Crippen LogP contribution in [0.2, 0.25) is 0 Å². The van der Waals surface area contributed by atoms with Crippen LogP contribution in [0.5, 0.6) is 0 Å². The molecule has 7 aromatic carbocycles. The van der Waals surface area contributed by atoms with Crippen LogP contribution in [0.4, 0.5) is 0 Å². The molecule has 2 heteroatoms. The van der Waals surface area contributed by atoms with Gasteiger partial charge in [0.2, 0.25) is 0 Å². The van der Waals surface area contributed by atoms with E-state index in [9.17, 15) is 0 Å². The zero-order valence-electron chi connectivity index (χ0n) is 24.1. The molecule has 0 spiro atoms. The molecule has 0 bridgehead atoms. The summed E-state index contributed by atoms with van der Waals surface area (Å²) in [6.07, 6.45) is 0. The van der Waals surface area contributed by atoms with E-state index < -0.39 is 0 Å². The second-order valence-corrected chi connectivity index (χ2v) is 11.4. The molecule has 2 nitrogen and oxygen atoms in total. The van der Waals surface area contributed by atoms with Gasteiger partial charge in [0.05, 0.1) is 22.1 Å². The van der Waals surface area contributed by atoms with Crippen molar-refractivity contribution in [1.82, 2.24) is 9.13 Å². The largest absolute Gasteiger partial charge is 0.309 e. The molecule has 0 N–H and O–H groups in total. The molecule has 0 amide bonds. The number of nitrogens with zero attached hydrogens (tertiary/aromatic N) is 2. The van der Waals surface area contributed by atoms with Crippen LogP contribution < -0.4 is 0 Å². The fraction of sp³-hybridized carbons (Fsp3) is 0. The van der Waals surface area contributed by atoms with Crippen molar-refractivity contribution < 1.29 is 0 Å². The van der Waals surface area contributed by atoms with E-state index in [4.69, 9.17) is 0 Å². The van der Waals surface area contributed by atoms with Crippen LogP contribution in [0.3, 0.4) is 0 Å². The van der Waals surface area contributed by atoms with E-state index in [0.717, 1.165) is 5.69 Å². The lowest BCUT2D eigenvalue weighted by Crippen LogP contribution is -1.94. The predicted octanol–water partition coefficient (Wildman–Crippen LogP) is 11.2. The summed E-state index contributed by atoms with van der Waals surface area (Å²) in [7, 11) is 0. The quantitative estimate of drug-likeness (QED) is 0.203. The van der Waals surface area contributed by atoms with Crippen molar-refractivity contribution in [2.24, 2.45) is 0 Å². The highest BCUT2D eigenvalue weighted by atomic mass is 15.0. The van der Waals surface area contributed by atoms with Crippen molar-refractivity contribution in [2.45, 2.75) is 0 Å². The summed E-state index contributed by atoms with van der Waals surface area (Å²) in [5.74, 6) is 0. The maximum Gasteiger partial charge on any atom is 0.0541 e. The van der Waals surface area contributed by atoms with Crippen molar-refractivity contribution >= 4 is 43.6 Å². The van der Waals surface area contributed by atoms with Gasteiger partial charge in [0.25, 0.3) is 0 Å². The van der Waals surface area contributed by atoms with E-state index in [1.165, 1.54) is 71.6 Å². The van der Waals surface area contributed by atoms with E-state index in [1.54, 1.807) is 0 Å². The van der Waals surface area contributed by atoms with Gasteiger partial charge in [-0.25, -0.2) is 0 Å². The van der Waals surface area contributed by atoms with Crippen molar-refractivity contribution in [3.8, 4) is 33.6 Å². The van der Waals surface area contributed by atoms with Crippen LogP contribution in [0, 0.1) is 0 Å². The van der Waals surface area contributed by atoms with Gasteiger partial charge in [-0.3, -0.25) is 0 Å². The van der Waals surface area contributed by atoms with E-state index in [1.807, 2.05) is 0 Å². The number of benzene rings is 7. The topological polar surface area (TPSA) is 9.86 Å². The fourth-order valence-electron chi connectivity index (χ4n) is 6.89. The first-order valence-corrected chi connectivity index (χ1v) is 15.1. The molecule has 9 rings (SSSR count). The third-order valence-corrected chi connectivity index (χ3v) is 8.90. The Morgan fingerprint density at radius 2 is 0.682 bits per heavy atom. The molecule has 44 heavy (non-hydrogen) atoms. The summed E-state index contributed by atoms with van der Waals surface area (Å²) < 4.78 is 4.77. The minimum absolute atomic E-state index is 1.16. The van der Waals surface area contributed by atoms with E-state index in [2.05, 4.69) is 179 Å². The summed E-state index contributed by atoms with van der Waals surface area (Å²) in [5, 5.41) is 5.06. The van der Waals surface area contributed by atoms with Gasteiger partial charge >= 0.3 is 0 Å². The zero-order valence-corrected chi connectivity index (χ0v) is 24.1. The number of aromatic nitrogens is 2. The van der Waals surface area contributed by atoms with Crippen LogP contribution in [0.1, 0.15) is 0 Å². The van der Waals surface area contributed by atoms with Gasteiger partial charge < -0.3 is 9.13 Å². The summed E-state index contributed by atoms with van der Waals surface area (Å²) in [6.45, 7) is 0. The first-order valence-electron chi connectivity index (χ1n) is 15.1. The maximum atomic E-state index is 2.41. The Labute approximate surface area is 255 Å². The second-order valence-electron chi connectivity index (χ2n) is 11.4. The third kappa shape index (κ3) is 3.82. The highest BCUT2D eigenvalue weighted by Gasteiger charge is 2.15. The summed E-state index contributed by atoms with van der Waals surface area (Å²) in [6, 6.07) is 61.4. The smallest absolute Gasteiger partial charge is 0.0541 e. The lowest BCUT2D eigenvalue weighted by atomic mass is 10.0. The maximum absolute atomic E-state index is 2.41. The van der Waals surface area contributed by atoms with Gasteiger partial charge in [-0.2, -0.15) is 0 Å². The van der Waals surface area contributed by atoms with Crippen LogP contribution in [-0.2, 0) is 0 Å². The lowest BCUT2D eigenvalue weighted by Gasteiger charge is -2.11. The number of fused-ring (bicyclic) bond motifs is 6. The number of para-hydroxylation sites is 3. The van der Waals surface area contributed by atoms with Crippen molar-refractivity contribution in [2.75, 3.05) is 0 Å². The Kier molecular flexibility index (Phi) is 5.54. The predicted molar refractivity (Wildman–Crippen MR) is 186 cm³/mol. The first kappa shape index (κ1) is 24.7. The van der Waals surface area contributed by atoms with Crippen LogP contribution >= 0.6 is 0 Å². The Hall–Kier alpha value is -5.86. The molecular weight excluding hydrogens is 532 g/mol. The molecular formula is C42H28N2. The van der Waals surface area contributed by atoms with Gasteiger partial charge in [0, 0.05) is 32.9 Å². The monoisotopic (exact) mass is 560 g/mol. The van der Waals surface area contributed by atoms with Crippen LogP contribution in [-0.4, -0.2) is 9.13 Å². The Balaban J connectivity index is 1.22. The molecule has 9 aromatic rings. The van der Waals surface area contributed by atoms with Crippen LogP contribution in [0.25, 0.3) is 77.2 Å². The van der Waals surface area contributed by atoms with Gasteiger partial charge in [0.1, 0.15) is 0 Å². The summed E-state index contributed by atoms with van der Waals surface area (Å²) >= 11 is 0. The Bertz CT molecular complexity index is 2480. The van der Waals surface area contributed by atoms with Gasteiger partial charge in [0.15, 0.2) is 0 Å². The second kappa shape index (κ2) is 9.86. The highest BCUT2D eigenvalue weighted by Crippen LogP contribution is 2.38. The van der Waals surface area contributed by atoms with Gasteiger partial charge in [-0.15, -0.1) is 0 Å². The SMILES string of the molecule is c1ccc(-c2ccc3c(c2)c2ccccc2n3-c2cccc(-c3ccc4c(c3)c3ccccc3n4-c3ccccc3)c2)cc1. The molecule has 0 radical (unpaired) electrons. The Morgan fingerprint density at radius 3 is 1.32 bits per heavy atom. The number of rotatable bonds is 4. The molecule has 0 aliphatic rings. The molecule has 0 saturated heterocycles. The minimum atomic E-state index is 1.16. The van der Waals surface area contributed by atoms with E-state index in [0.29, 0.717) is 0 Å². The van der Waals surface area contributed by atoms with E-state index in [-0.39, 0.29) is 0 Å². The number of hydrogen-bond donors (Lipinski definition) is 0. The molecule has 0 aliphatic carbocycles. The Morgan fingerprint density at radius 1 is 0.250 bits per heavy atom. The number of hydrogen-bond acceptors (Lipinski definition) is 0. The molecule has 2 aromatic heterocycles. The van der Waals surface area contributed by atoms with Crippen molar-refractivity contribution in [3.63, 3.8) is 0 Å². The highest BCUT2D eigenvalue weighted by molar-refractivity contribution is 6.11. The van der Waals surface area contributed by atoms with Crippen molar-refractivity contribution in [1.29, 1.82) is 0 Å². The molecule has 0 fully saturated rings. The fourth-order valence-corrected chi connectivity index (χ4v) is 6.89. The third-order valence-electron chi connectivity index (χ3n) is 8.90. The van der Waals surface area contributed by atoms with Gasteiger partial charge in [-0.05, 0) is 82.9 Å². The minimum Gasteiger partial charge on any atom is -0.309 e. The first-order chi connectivity index (χ1) is 21.8. The van der Waals surface area contributed by atoms with Gasteiger partial charge in [-0.1, -0.05) is 109 Å². The summed E-state index contributed by atoms with van der Waals surface area (Å²) in [4.78, 5) is 0. The molecule has 0 unspecified atom stereocenters. The molecule has 2 heterocycles. The van der Waals surface area contributed by atoms with E-state index >= 15 is 0 Å². The van der Waals surface area contributed by atoms with Crippen LogP contribution in [0.15, 0.2) is 170 Å². The molecule has 206 valence electrons. The average molecular weight is 561 g/mol.